The molecule has 0 bridgehead atoms. The van der Waals surface area contributed by atoms with Gasteiger partial charge in [0.25, 0.3) is 0 Å². The summed E-state index contributed by atoms with van der Waals surface area (Å²) in [4.78, 5) is 2.39. The van der Waals surface area contributed by atoms with Gasteiger partial charge in [-0.2, -0.15) is 0 Å². The van der Waals surface area contributed by atoms with Crippen LogP contribution in [-0.4, -0.2) is 31.7 Å². The molecule has 0 aromatic heterocycles. The molecular weight excluding hydrogens is 278 g/mol. The van der Waals surface area contributed by atoms with Crippen molar-refractivity contribution in [2.24, 2.45) is 5.92 Å². The van der Waals surface area contributed by atoms with Crippen LogP contribution in [-0.2, 0) is 11.3 Å². The minimum atomic E-state index is 0.712. The second-order valence-corrected chi connectivity index (χ2v) is 5.82. The molecule has 1 unspecified atom stereocenters. The third-order valence-electron chi connectivity index (χ3n) is 3.19. The summed E-state index contributed by atoms with van der Waals surface area (Å²) >= 11 is 3.46. The molecule has 0 radical (unpaired) electrons. The molecule has 0 saturated carbocycles. The topological polar surface area (TPSA) is 12.5 Å². The molecule has 1 saturated heterocycles. The van der Waals surface area contributed by atoms with E-state index in [1.54, 1.807) is 0 Å². The predicted octanol–water partition coefficient (Wildman–Crippen LogP) is 3.31. The Balaban J connectivity index is 1.79. The van der Waals surface area contributed by atoms with Crippen LogP contribution in [0.4, 0.5) is 0 Å². The van der Waals surface area contributed by atoms with Crippen molar-refractivity contribution in [3.05, 3.63) is 34.3 Å². The van der Waals surface area contributed by atoms with Crippen molar-refractivity contribution in [3.63, 3.8) is 0 Å². The molecule has 0 amide bonds. The van der Waals surface area contributed by atoms with E-state index in [9.17, 15) is 0 Å². The highest BCUT2D eigenvalue weighted by atomic mass is 79.9. The zero-order valence-corrected chi connectivity index (χ0v) is 11.9. The van der Waals surface area contributed by atoms with Gasteiger partial charge in [-0.05, 0) is 43.5 Å². The van der Waals surface area contributed by atoms with Gasteiger partial charge in [0.1, 0.15) is 0 Å². The van der Waals surface area contributed by atoms with Crippen LogP contribution < -0.4 is 0 Å². The van der Waals surface area contributed by atoms with Gasteiger partial charge in [-0.15, -0.1) is 0 Å². The molecule has 0 spiro atoms. The van der Waals surface area contributed by atoms with E-state index >= 15 is 0 Å². The number of ether oxygens (including phenoxy) is 1. The Bertz CT molecular complexity index is 333. The molecule has 17 heavy (non-hydrogen) atoms. The molecule has 3 heteroatoms. The van der Waals surface area contributed by atoms with Gasteiger partial charge < -0.3 is 9.64 Å². The molecule has 1 aromatic rings. The number of hydrogen-bond acceptors (Lipinski definition) is 2. The smallest absolute Gasteiger partial charge is 0.0506 e. The minimum absolute atomic E-state index is 0.712. The van der Waals surface area contributed by atoms with Crippen molar-refractivity contribution in [1.29, 1.82) is 0 Å². The molecule has 0 N–H and O–H groups in total. The molecule has 1 atom stereocenters. The van der Waals surface area contributed by atoms with Crippen LogP contribution in [0.15, 0.2) is 28.7 Å². The van der Waals surface area contributed by atoms with Crippen molar-refractivity contribution in [2.45, 2.75) is 19.4 Å². The van der Waals surface area contributed by atoms with Gasteiger partial charge in [0.15, 0.2) is 0 Å². The SMILES string of the molecule is CN(Cc1ccc(Br)cc1)CC1CCCOC1. The van der Waals surface area contributed by atoms with Crippen molar-refractivity contribution in [2.75, 3.05) is 26.8 Å². The van der Waals surface area contributed by atoms with Gasteiger partial charge in [0.05, 0.1) is 6.61 Å². The lowest BCUT2D eigenvalue weighted by atomic mass is 10.0. The molecule has 1 aromatic carbocycles. The van der Waals surface area contributed by atoms with Crippen LogP contribution in [0.3, 0.4) is 0 Å². The van der Waals surface area contributed by atoms with Gasteiger partial charge in [-0.1, -0.05) is 28.1 Å². The van der Waals surface area contributed by atoms with Gasteiger partial charge in [-0.25, -0.2) is 0 Å². The van der Waals surface area contributed by atoms with Crippen LogP contribution in [0, 0.1) is 5.92 Å². The molecule has 2 rings (SSSR count). The Morgan fingerprint density at radius 1 is 1.35 bits per heavy atom. The highest BCUT2D eigenvalue weighted by Crippen LogP contribution is 2.16. The Morgan fingerprint density at radius 2 is 2.12 bits per heavy atom. The Morgan fingerprint density at radius 3 is 2.76 bits per heavy atom. The number of rotatable bonds is 4. The quantitative estimate of drug-likeness (QED) is 0.845. The lowest BCUT2D eigenvalue weighted by Crippen LogP contribution is -2.30. The molecule has 0 aliphatic carbocycles. The van der Waals surface area contributed by atoms with Crippen LogP contribution in [0.1, 0.15) is 18.4 Å². The van der Waals surface area contributed by atoms with E-state index in [0.29, 0.717) is 5.92 Å². The Labute approximate surface area is 112 Å². The summed E-state index contributed by atoms with van der Waals surface area (Å²) in [6.07, 6.45) is 2.53. The van der Waals surface area contributed by atoms with E-state index in [4.69, 9.17) is 4.74 Å². The summed E-state index contributed by atoms with van der Waals surface area (Å²) in [5.74, 6) is 0.712. The van der Waals surface area contributed by atoms with E-state index in [2.05, 4.69) is 52.1 Å². The third kappa shape index (κ3) is 4.41. The second kappa shape index (κ2) is 6.53. The molecule has 1 heterocycles. The van der Waals surface area contributed by atoms with Crippen molar-refractivity contribution in [3.8, 4) is 0 Å². The van der Waals surface area contributed by atoms with Crippen molar-refractivity contribution in [1.82, 2.24) is 4.90 Å². The largest absolute Gasteiger partial charge is 0.381 e. The van der Waals surface area contributed by atoms with Gasteiger partial charge in [-0.3, -0.25) is 0 Å². The molecule has 94 valence electrons. The third-order valence-corrected chi connectivity index (χ3v) is 3.72. The molecule has 2 nitrogen and oxygen atoms in total. The second-order valence-electron chi connectivity index (χ2n) is 4.91. The first-order valence-corrected chi connectivity index (χ1v) is 7.04. The maximum absolute atomic E-state index is 5.52. The Hall–Kier alpha value is -0.380. The summed E-state index contributed by atoms with van der Waals surface area (Å²) in [6.45, 7) is 4.04. The normalized spacial score (nSPS) is 20.8. The van der Waals surface area contributed by atoms with Gasteiger partial charge >= 0.3 is 0 Å². The average Bonchev–Trinajstić information content (AvgIpc) is 2.33. The highest BCUT2D eigenvalue weighted by Gasteiger charge is 2.15. The van der Waals surface area contributed by atoms with Crippen LogP contribution in [0.5, 0.6) is 0 Å². The Kier molecular flexibility index (Phi) is 5.01. The van der Waals surface area contributed by atoms with E-state index in [0.717, 1.165) is 30.8 Å². The molecule has 1 aliphatic heterocycles. The van der Waals surface area contributed by atoms with E-state index < -0.39 is 0 Å². The molecule has 1 aliphatic rings. The molecular formula is C14H20BrNO. The monoisotopic (exact) mass is 297 g/mol. The first-order valence-electron chi connectivity index (χ1n) is 6.25. The minimum Gasteiger partial charge on any atom is -0.381 e. The molecule has 1 fully saturated rings. The van der Waals surface area contributed by atoms with Gasteiger partial charge in [0.2, 0.25) is 0 Å². The average molecular weight is 298 g/mol. The number of benzene rings is 1. The predicted molar refractivity (Wildman–Crippen MR) is 74.0 cm³/mol. The summed E-state index contributed by atoms with van der Waals surface area (Å²) in [6, 6.07) is 8.57. The van der Waals surface area contributed by atoms with Gasteiger partial charge in [0, 0.05) is 24.2 Å². The fourth-order valence-electron chi connectivity index (χ4n) is 2.36. The van der Waals surface area contributed by atoms with Crippen LogP contribution in [0.2, 0.25) is 0 Å². The lowest BCUT2D eigenvalue weighted by Gasteiger charge is -2.27. The summed E-state index contributed by atoms with van der Waals surface area (Å²) in [5.41, 5.74) is 1.37. The lowest BCUT2D eigenvalue weighted by molar-refractivity contribution is 0.0411. The zero-order valence-electron chi connectivity index (χ0n) is 10.4. The fourth-order valence-corrected chi connectivity index (χ4v) is 2.62. The highest BCUT2D eigenvalue weighted by molar-refractivity contribution is 9.10. The van der Waals surface area contributed by atoms with Crippen molar-refractivity contribution >= 4 is 15.9 Å². The maximum Gasteiger partial charge on any atom is 0.0506 e. The van der Waals surface area contributed by atoms with Crippen LogP contribution in [0.25, 0.3) is 0 Å². The van der Waals surface area contributed by atoms with Crippen LogP contribution >= 0.6 is 15.9 Å². The van der Waals surface area contributed by atoms with E-state index in [1.807, 2.05) is 0 Å². The zero-order chi connectivity index (χ0) is 12.1. The van der Waals surface area contributed by atoms with E-state index in [-0.39, 0.29) is 0 Å². The summed E-state index contributed by atoms with van der Waals surface area (Å²) in [7, 11) is 2.19. The summed E-state index contributed by atoms with van der Waals surface area (Å²) < 4.78 is 6.66. The maximum atomic E-state index is 5.52. The van der Waals surface area contributed by atoms with Crippen molar-refractivity contribution < 1.29 is 4.74 Å². The first-order chi connectivity index (χ1) is 8.24. The number of hydrogen-bond donors (Lipinski definition) is 0. The number of nitrogens with zero attached hydrogens (tertiary/aromatic N) is 1. The summed E-state index contributed by atoms with van der Waals surface area (Å²) in [5, 5.41) is 0. The standard InChI is InChI=1S/C14H20BrNO/c1-16(10-13-3-2-8-17-11-13)9-12-4-6-14(15)7-5-12/h4-7,13H,2-3,8-11H2,1H3. The first kappa shape index (κ1) is 13.1. The van der Waals surface area contributed by atoms with E-state index in [1.165, 1.54) is 18.4 Å². The number of halogens is 1. The fraction of sp³-hybridized carbons (Fsp3) is 0.571.